The Kier molecular flexibility index (Phi) is 1.97. The highest BCUT2D eigenvalue weighted by molar-refractivity contribution is 7.20. The second-order valence-corrected chi connectivity index (χ2v) is 5.25. The predicted octanol–water partition coefficient (Wildman–Crippen LogP) is 4.12. The molecule has 1 aliphatic rings. The van der Waals surface area contributed by atoms with Crippen molar-refractivity contribution < 1.29 is 0 Å². The van der Waals surface area contributed by atoms with Crippen molar-refractivity contribution in [2.24, 2.45) is 4.99 Å². The van der Waals surface area contributed by atoms with E-state index in [9.17, 15) is 0 Å². The van der Waals surface area contributed by atoms with Crippen LogP contribution in [-0.4, -0.2) is 10.9 Å². The van der Waals surface area contributed by atoms with E-state index < -0.39 is 0 Å². The number of hydrogen-bond acceptors (Lipinski definition) is 3. The van der Waals surface area contributed by atoms with Crippen molar-refractivity contribution in [2.75, 3.05) is 0 Å². The maximum atomic E-state index is 4.18. The lowest BCUT2D eigenvalue weighted by Gasteiger charge is -1.98. The minimum atomic E-state index is 1.17. The van der Waals surface area contributed by atoms with Gasteiger partial charge in [0, 0.05) is 50.6 Å². The quantitative estimate of drug-likeness (QED) is 0.587. The fourth-order valence-electron chi connectivity index (χ4n) is 2.25. The molecule has 1 aliphatic heterocycles. The summed E-state index contributed by atoms with van der Waals surface area (Å²) in [6.45, 7) is 0. The van der Waals surface area contributed by atoms with Crippen LogP contribution in [0.15, 0.2) is 41.8 Å². The Morgan fingerprint density at radius 3 is 3.17 bits per heavy atom. The molecule has 3 heterocycles. The van der Waals surface area contributed by atoms with Crippen molar-refractivity contribution in [1.82, 2.24) is 4.98 Å². The third kappa shape index (κ3) is 1.35. The second-order valence-electron chi connectivity index (χ2n) is 4.17. The van der Waals surface area contributed by atoms with Gasteiger partial charge in [-0.25, -0.2) is 4.99 Å². The molecular formula is C15H8N2S. The monoisotopic (exact) mass is 248 g/mol. The Hall–Kier alpha value is -2.22. The molecule has 0 fully saturated rings. The molecule has 18 heavy (non-hydrogen) atoms. The first-order chi connectivity index (χ1) is 8.92. The lowest BCUT2D eigenvalue weighted by molar-refractivity contribution is 1.37. The van der Waals surface area contributed by atoms with Gasteiger partial charge in [-0.1, -0.05) is 0 Å². The molecule has 0 spiro atoms. The lowest BCUT2D eigenvalue weighted by Crippen LogP contribution is -1.76. The van der Waals surface area contributed by atoms with Crippen molar-refractivity contribution >= 4 is 50.2 Å². The molecule has 0 radical (unpaired) electrons. The van der Waals surface area contributed by atoms with E-state index in [0.29, 0.717) is 0 Å². The molecule has 84 valence electrons. The zero-order chi connectivity index (χ0) is 11.9. The number of fused-ring (bicyclic) bond motifs is 4. The van der Waals surface area contributed by atoms with Crippen LogP contribution in [0.2, 0.25) is 0 Å². The van der Waals surface area contributed by atoms with E-state index >= 15 is 0 Å². The van der Waals surface area contributed by atoms with E-state index in [2.05, 4.69) is 28.0 Å². The highest BCUT2D eigenvalue weighted by atomic mass is 32.1. The van der Waals surface area contributed by atoms with Crippen LogP contribution in [0.4, 0.5) is 0 Å². The highest BCUT2D eigenvalue weighted by Crippen LogP contribution is 2.36. The molecule has 2 nitrogen and oxygen atoms in total. The topological polar surface area (TPSA) is 25.2 Å². The molecule has 0 saturated heterocycles. The maximum Gasteiger partial charge on any atom is 0.0448 e. The average Bonchev–Trinajstić information content (AvgIpc) is 2.59. The van der Waals surface area contributed by atoms with Crippen LogP contribution in [0, 0.1) is 0 Å². The summed E-state index contributed by atoms with van der Waals surface area (Å²) in [6, 6.07) is 6.48. The molecule has 4 rings (SSSR count). The summed E-state index contributed by atoms with van der Waals surface area (Å²) in [4.78, 5) is 9.43. The first-order valence-corrected chi connectivity index (χ1v) is 6.49. The van der Waals surface area contributed by atoms with Gasteiger partial charge in [-0.05, 0) is 35.5 Å². The van der Waals surface area contributed by atoms with Gasteiger partial charge in [0.05, 0.1) is 0 Å². The lowest BCUT2D eigenvalue weighted by atomic mass is 10.1. The minimum absolute atomic E-state index is 1.17. The molecule has 0 saturated carbocycles. The second kappa shape index (κ2) is 3.64. The molecule has 0 N–H and O–H groups in total. The fourth-order valence-corrected chi connectivity index (χ4v) is 3.35. The molecule has 0 bridgehead atoms. The molecule has 0 amide bonds. The SMILES string of the molecule is C1=Cc2sc3cc4ccncc4cc3c2C=CN=1. The summed E-state index contributed by atoms with van der Waals surface area (Å²) < 4.78 is 1.29. The number of thiophene rings is 1. The number of aliphatic imine (C=N–C) groups is 1. The maximum absolute atomic E-state index is 4.18. The van der Waals surface area contributed by atoms with Crippen LogP contribution in [0.5, 0.6) is 0 Å². The average molecular weight is 248 g/mol. The number of aromatic nitrogens is 1. The summed E-state index contributed by atoms with van der Waals surface area (Å²) >= 11 is 1.78. The number of pyridine rings is 1. The fraction of sp³-hybridized carbons (Fsp3) is 0. The summed E-state index contributed by atoms with van der Waals surface area (Å²) in [7, 11) is 0. The van der Waals surface area contributed by atoms with Crippen LogP contribution in [0.1, 0.15) is 10.4 Å². The van der Waals surface area contributed by atoms with Gasteiger partial charge in [0.2, 0.25) is 0 Å². The van der Waals surface area contributed by atoms with Crippen LogP contribution >= 0.6 is 11.3 Å². The van der Waals surface area contributed by atoms with Crippen LogP contribution in [-0.2, 0) is 0 Å². The Labute approximate surface area is 108 Å². The molecule has 0 aliphatic carbocycles. The first kappa shape index (κ1) is 9.77. The highest BCUT2D eigenvalue weighted by Gasteiger charge is 2.10. The van der Waals surface area contributed by atoms with Crippen LogP contribution in [0.25, 0.3) is 33.0 Å². The van der Waals surface area contributed by atoms with E-state index in [0.717, 1.165) is 0 Å². The van der Waals surface area contributed by atoms with Gasteiger partial charge < -0.3 is 0 Å². The number of benzene rings is 1. The Morgan fingerprint density at radius 1 is 1.17 bits per heavy atom. The molecule has 0 atom stereocenters. The van der Waals surface area contributed by atoms with Crippen molar-refractivity contribution in [3.05, 3.63) is 47.2 Å². The molecule has 3 heteroatoms. The van der Waals surface area contributed by atoms with E-state index in [1.807, 2.05) is 30.6 Å². The third-order valence-corrected chi connectivity index (χ3v) is 4.22. The number of nitrogens with zero attached hydrogens (tertiary/aromatic N) is 2. The molecule has 0 unspecified atom stereocenters. The third-order valence-electron chi connectivity index (χ3n) is 3.10. The smallest absolute Gasteiger partial charge is 0.0448 e. The van der Waals surface area contributed by atoms with Gasteiger partial charge in [-0.15, -0.1) is 11.3 Å². The standard InChI is InChI=1S/C15H8N2S/c1-4-17-9-11-7-13-12-2-5-16-6-3-14(12)18-15(13)8-10(1)11/h1-5,7-9H. The Bertz CT molecular complexity index is 865. The van der Waals surface area contributed by atoms with Crippen LogP contribution < -0.4 is 0 Å². The van der Waals surface area contributed by atoms with Gasteiger partial charge in [0.1, 0.15) is 0 Å². The van der Waals surface area contributed by atoms with E-state index in [1.165, 1.54) is 31.3 Å². The van der Waals surface area contributed by atoms with Crippen LogP contribution in [0.3, 0.4) is 0 Å². The molecular weight excluding hydrogens is 240 g/mol. The summed E-state index contributed by atoms with van der Waals surface area (Å²) in [5.41, 5.74) is 1.23. The van der Waals surface area contributed by atoms with E-state index in [-0.39, 0.29) is 0 Å². The van der Waals surface area contributed by atoms with Gasteiger partial charge >= 0.3 is 0 Å². The van der Waals surface area contributed by atoms with E-state index in [1.54, 1.807) is 17.5 Å². The van der Waals surface area contributed by atoms with Crippen molar-refractivity contribution in [3.63, 3.8) is 0 Å². The number of rotatable bonds is 0. The Morgan fingerprint density at radius 2 is 2.17 bits per heavy atom. The summed E-state index contributed by atoms with van der Waals surface area (Å²) in [6.07, 6.45) is 9.53. The van der Waals surface area contributed by atoms with E-state index in [4.69, 9.17) is 0 Å². The zero-order valence-electron chi connectivity index (χ0n) is 9.42. The minimum Gasteiger partial charge on any atom is -0.264 e. The molecule has 3 aromatic rings. The first-order valence-electron chi connectivity index (χ1n) is 5.67. The summed E-state index contributed by atoms with van der Waals surface area (Å²) in [5.74, 6) is 2.92. The van der Waals surface area contributed by atoms with Crippen molar-refractivity contribution in [3.8, 4) is 0 Å². The molecule has 2 aromatic heterocycles. The van der Waals surface area contributed by atoms with Gasteiger partial charge in [-0.2, -0.15) is 0 Å². The van der Waals surface area contributed by atoms with Gasteiger partial charge in [-0.3, -0.25) is 4.98 Å². The predicted molar refractivity (Wildman–Crippen MR) is 78.1 cm³/mol. The van der Waals surface area contributed by atoms with Gasteiger partial charge in [0.25, 0.3) is 0 Å². The van der Waals surface area contributed by atoms with Crippen molar-refractivity contribution in [1.29, 1.82) is 0 Å². The summed E-state index contributed by atoms with van der Waals surface area (Å²) in [5, 5.41) is 3.67. The van der Waals surface area contributed by atoms with Gasteiger partial charge in [0.15, 0.2) is 0 Å². The zero-order valence-corrected chi connectivity index (χ0v) is 10.2. The molecule has 1 aromatic carbocycles. The number of hydrogen-bond donors (Lipinski definition) is 0. The Balaban J connectivity index is 2.17. The largest absolute Gasteiger partial charge is 0.264 e. The normalized spacial score (nSPS) is 13.1. The van der Waals surface area contributed by atoms with Crippen molar-refractivity contribution in [2.45, 2.75) is 0 Å².